The van der Waals surface area contributed by atoms with E-state index in [0.717, 1.165) is 16.7 Å². The lowest BCUT2D eigenvalue weighted by molar-refractivity contribution is -0.128. The fourth-order valence-electron chi connectivity index (χ4n) is 1.44. The van der Waals surface area contributed by atoms with Crippen molar-refractivity contribution >= 4 is 40.2 Å². The quantitative estimate of drug-likeness (QED) is 0.792. The number of rotatable bonds is 3. The van der Waals surface area contributed by atoms with Crippen LogP contribution < -0.4 is 11.1 Å². The molecule has 1 saturated heterocycles. The molecule has 0 radical (unpaired) electrons. The lowest BCUT2D eigenvalue weighted by atomic mass is 10.3. The van der Waals surface area contributed by atoms with E-state index in [4.69, 9.17) is 5.73 Å². The highest BCUT2D eigenvalue weighted by Crippen LogP contribution is 2.18. The van der Waals surface area contributed by atoms with Crippen molar-refractivity contribution in [2.45, 2.75) is 0 Å². The molecule has 0 unspecified atom stereocenters. The van der Waals surface area contributed by atoms with Crippen LogP contribution in [0.3, 0.4) is 0 Å². The number of nitrogens with two attached hydrogens (primary N) is 1. The number of thioether (sulfide) groups is 1. The zero-order chi connectivity index (χ0) is 13.1. The first-order valence-corrected chi connectivity index (χ1v) is 6.17. The van der Waals surface area contributed by atoms with Gasteiger partial charge in [-0.25, -0.2) is 0 Å². The summed E-state index contributed by atoms with van der Waals surface area (Å²) in [5.41, 5.74) is 6.68. The Morgan fingerprint density at radius 3 is 2.56 bits per heavy atom. The van der Waals surface area contributed by atoms with Crippen LogP contribution >= 0.6 is 11.8 Å². The van der Waals surface area contributed by atoms with Gasteiger partial charge in [-0.3, -0.25) is 19.3 Å². The van der Waals surface area contributed by atoms with E-state index in [2.05, 4.69) is 5.32 Å². The molecule has 0 atom stereocenters. The lowest BCUT2D eigenvalue weighted by Crippen LogP contribution is -2.36. The number of anilines is 2. The van der Waals surface area contributed by atoms with Gasteiger partial charge in [-0.2, -0.15) is 0 Å². The van der Waals surface area contributed by atoms with Crippen LogP contribution in [0.4, 0.5) is 16.2 Å². The summed E-state index contributed by atoms with van der Waals surface area (Å²) in [4.78, 5) is 35.2. The van der Waals surface area contributed by atoms with Gasteiger partial charge < -0.3 is 11.1 Å². The Hall–Kier alpha value is -2.02. The number of nitrogens with zero attached hydrogens (tertiary/aromatic N) is 1. The highest BCUT2D eigenvalue weighted by Gasteiger charge is 2.31. The third-order valence-electron chi connectivity index (χ3n) is 2.34. The van der Waals surface area contributed by atoms with E-state index in [-0.39, 0.29) is 23.4 Å². The monoisotopic (exact) mass is 265 g/mol. The molecular weight excluding hydrogens is 254 g/mol. The molecule has 0 aromatic heterocycles. The van der Waals surface area contributed by atoms with Crippen LogP contribution in [0, 0.1) is 0 Å². The number of benzene rings is 1. The number of hydrogen-bond acceptors (Lipinski definition) is 5. The van der Waals surface area contributed by atoms with Gasteiger partial charge in [0.2, 0.25) is 11.8 Å². The van der Waals surface area contributed by atoms with Crippen molar-refractivity contribution in [2.24, 2.45) is 0 Å². The third kappa shape index (κ3) is 2.80. The van der Waals surface area contributed by atoms with Crippen molar-refractivity contribution in [3.05, 3.63) is 24.3 Å². The van der Waals surface area contributed by atoms with Gasteiger partial charge in [-0.15, -0.1) is 0 Å². The second kappa shape index (κ2) is 5.09. The fourth-order valence-corrected chi connectivity index (χ4v) is 2.17. The van der Waals surface area contributed by atoms with E-state index < -0.39 is 5.91 Å². The summed E-state index contributed by atoms with van der Waals surface area (Å²) in [6.07, 6.45) is 0. The number of nitrogen functional groups attached to an aromatic ring is 1. The predicted octanol–water partition coefficient (Wildman–Crippen LogP) is 0.903. The van der Waals surface area contributed by atoms with E-state index in [1.807, 2.05) is 0 Å². The van der Waals surface area contributed by atoms with Crippen LogP contribution in [-0.2, 0) is 9.59 Å². The molecule has 0 saturated carbocycles. The molecule has 94 valence electrons. The van der Waals surface area contributed by atoms with E-state index in [9.17, 15) is 14.4 Å². The van der Waals surface area contributed by atoms with Crippen molar-refractivity contribution in [1.29, 1.82) is 0 Å². The van der Waals surface area contributed by atoms with Crippen LogP contribution in [0.5, 0.6) is 0 Å². The van der Waals surface area contributed by atoms with Crippen molar-refractivity contribution < 1.29 is 14.4 Å². The molecule has 1 aliphatic rings. The minimum Gasteiger partial charge on any atom is -0.399 e. The molecule has 1 aliphatic heterocycles. The highest BCUT2D eigenvalue weighted by atomic mass is 32.2. The third-order valence-corrected chi connectivity index (χ3v) is 3.20. The Morgan fingerprint density at radius 2 is 2.00 bits per heavy atom. The van der Waals surface area contributed by atoms with Gasteiger partial charge in [0.1, 0.15) is 6.54 Å². The number of amides is 3. The summed E-state index contributed by atoms with van der Waals surface area (Å²) in [7, 11) is 0. The molecule has 0 spiro atoms. The van der Waals surface area contributed by atoms with Crippen LogP contribution in [0.1, 0.15) is 0 Å². The Bertz CT molecular complexity index is 485. The molecular formula is C11H11N3O3S. The smallest absolute Gasteiger partial charge is 0.289 e. The number of hydrogen-bond donors (Lipinski definition) is 2. The van der Waals surface area contributed by atoms with Crippen LogP contribution in [0.15, 0.2) is 24.3 Å². The Labute approximate surface area is 108 Å². The minimum absolute atomic E-state index is 0.105. The average molecular weight is 265 g/mol. The molecule has 3 N–H and O–H groups in total. The highest BCUT2D eigenvalue weighted by molar-refractivity contribution is 8.14. The van der Waals surface area contributed by atoms with Gasteiger partial charge >= 0.3 is 0 Å². The standard InChI is InChI=1S/C11H11N3O3S/c12-7-1-3-8(4-2-7)13-9(15)5-14-10(16)6-18-11(14)17/h1-4H,5-6,12H2,(H,13,15). The molecule has 7 heteroatoms. The van der Waals surface area contributed by atoms with Crippen molar-refractivity contribution in [3.63, 3.8) is 0 Å². The van der Waals surface area contributed by atoms with Crippen LogP contribution in [0.2, 0.25) is 0 Å². The Morgan fingerprint density at radius 1 is 1.33 bits per heavy atom. The Balaban J connectivity index is 1.94. The zero-order valence-electron chi connectivity index (χ0n) is 9.38. The van der Waals surface area contributed by atoms with E-state index in [0.29, 0.717) is 11.4 Å². The largest absolute Gasteiger partial charge is 0.399 e. The normalized spacial score (nSPS) is 15.0. The first-order chi connectivity index (χ1) is 8.56. The van der Waals surface area contributed by atoms with Crippen LogP contribution in [-0.4, -0.2) is 34.3 Å². The van der Waals surface area contributed by atoms with Crippen molar-refractivity contribution in [3.8, 4) is 0 Å². The summed E-state index contributed by atoms with van der Waals surface area (Å²) in [5, 5.41) is 2.21. The molecule has 18 heavy (non-hydrogen) atoms. The van der Waals surface area contributed by atoms with Gasteiger partial charge in [0.05, 0.1) is 5.75 Å². The number of carbonyl (C=O) groups is 3. The first kappa shape index (κ1) is 12.4. The van der Waals surface area contributed by atoms with Crippen LogP contribution in [0.25, 0.3) is 0 Å². The SMILES string of the molecule is Nc1ccc(NC(=O)CN2C(=O)CSC2=O)cc1. The second-order valence-corrected chi connectivity index (χ2v) is 4.63. The predicted molar refractivity (Wildman–Crippen MR) is 69.1 cm³/mol. The van der Waals surface area contributed by atoms with Crippen molar-refractivity contribution in [1.82, 2.24) is 4.90 Å². The minimum atomic E-state index is -0.413. The summed E-state index contributed by atoms with van der Waals surface area (Å²) in [6.45, 7) is -0.255. The summed E-state index contributed by atoms with van der Waals surface area (Å²) < 4.78 is 0. The molecule has 3 amide bonds. The number of imide groups is 1. The summed E-state index contributed by atoms with van der Waals surface area (Å²) in [5.74, 6) is -0.644. The fraction of sp³-hybridized carbons (Fsp3) is 0.182. The van der Waals surface area contributed by atoms with E-state index in [1.165, 1.54) is 0 Å². The second-order valence-electron chi connectivity index (χ2n) is 3.70. The van der Waals surface area contributed by atoms with Gasteiger partial charge in [0.25, 0.3) is 5.24 Å². The number of nitrogens with one attached hydrogen (secondary N) is 1. The topological polar surface area (TPSA) is 92.5 Å². The molecule has 0 bridgehead atoms. The van der Waals surface area contributed by atoms with Crippen molar-refractivity contribution in [2.75, 3.05) is 23.3 Å². The first-order valence-electron chi connectivity index (χ1n) is 5.19. The molecule has 1 heterocycles. The van der Waals surface area contributed by atoms with Gasteiger partial charge in [-0.05, 0) is 24.3 Å². The maximum atomic E-state index is 11.6. The average Bonchev–Trinajstić information content (AvgIpc) is 2.64. The summed E-state index contributed by atoms with van der Waals surface area (Å²) in [6, 6.07) is 6.60. The van der Waals surface area contributed by atoms with E-state index >= 15 is 0 Å². The summed E-state index contributed by atoms with van der Waals surface area (Å²) >= 11 is 0.905. The molecule has 0 aliphatic carbocycles. The van der Waals surface area contributed by atoms with Gasteiger partial charge in [0.15, 0.2) is 0 Å². The van der Waals surface area contributed by atoms with Gasteiger partial charge in [-0.1, -0.05) is 11.8 Å². The van der Waals surface area contributed by atoms with E-state index in [1.54, 1.807) is 24.3 Å². The maximum absolute atomic E-state index is 11.6. The lowest BCUT2D eigenvalue weighted by Gasteiger charge is -2.12. The molecule has 1 fully saturated rings. The maximum Gasteiger partial charge on any atom is 0.289 e. The zero-order valence-corrected chi connectivity index (χ0v) is 10.2. The molecule has 1 aromatic rings. The molecule has 2 rings (SSSR count). The number of carbonyl (C=O) groups excluding carboxylic acids is 3. The molecule has 1 aromatic carbocycles. The molecule has 6 nitrogen and oxygen atoms in total. The Kier molecular flexibility index (Phi) is 3.52. The van der Waals surface area contributed by atoms with Gasteiger partial charge in [0, 0.05) is 11.4 Å².